The number of aliphatic hydroxyl groups is 1. The van der Waals surface area contributed by atoms with E-state index >= 15 is 0 Å². The number of esters is 4. The highest BCUT2D eigenvalue weighted by Gasteiger charge is 2.30. The Kier molecular flexibility index (Phi) is 60.3. The summed E-state index contributed by atoms with van der Waals surface area (Å²) in [6.07, 6.45) is 44.4. The molecule has 3 N–H and O–H groups in total. The van der Waals surface area contributed by atoms with Crippen LogP contribution in [0.2, 0.25) is 0 Å². The van der Waals surface area contributed by atoms with Crippen LogP contribution in [0, 0.1) is 23.7 Å². The van der Waals surface area contributed by atoms with Crippen LogP contribution in [-0.2, 0) is 65.4 Å². The number of carbonyl (C=O) groups excluding carboxylic acids is 4. The minimum absolute atomic E-state index is 0.104. The number of phosphoric ester groups is 2. The van der Waals surface area contributed by atoms with Crippen molar-refractivity contribution in [1.29, 1.82) is 0 Å². The summed E-state index contributed by atoms with van der Waals surface area (Å²) in [5, 5.41) is 10.6. The second-order valence-electron chi connectivity index (χ2n) is 27.6. The molecule has 0 aromatic carbocycles. The fraction of sp³-hybridized carbons (Fsp3) is 0.944. The second kappa shape index (κ2) is 61.6. The van der Waals surface area contributed by atoms with Crippen LogP contribution in [0.3, 0.4) is 0 Å². The standard InChI is InChI=1S/C72H140O17P2/c1-9-65(8)51-43-35-27-21-22-30-39-47-55-72(77)89-68(59-83-70(75)53-45-37-31-23-26-34-42-50-64(6)7)61-87-91(80,81)85-57-66(73)56-84-90(78,79)86-60-67(88-71(76)54-46-38-29-20-16-15-18-25-33-41-49-63(4)5)58-82-69(74)52-44-36-28-19-14-12-10-11-13-17-24-32-40-48-62(2)3/h62-68,73H,9-61H2,1-8H3,(H,78,79)(H,80,81)/t65?,66?,67-,68-/m1/s1. The first-order chi connectivity index (χ1) is 43.6. The van der Waals surface area contributed by atoms with Crippen LogP contribution in [0.4, 0.5) is 0 Å². The maximum absolute atomic E-state index is 13.0. The summed E-state index contributed by atoms with van der Waals surface area (Å²) in [5.74, 6) is 0.890. The van der Waals surface area contributed by atoms with Gasteiger partial charge in [-0.3, -0.25) is 37.3 Å². The van der Waals surface area contributed by atoms with Gasteiger partial charge in [0.2, 0.25) is 0 Å². The maximum atomic E-state index is 13.0. The maximum Gasteiger partial charge on any atom is 0.472 e. The number of aliphatic hydroxyl groups excluding tert-OH is 1. The molecule has 0 aliphatic heterocycles. The zero-order valence-electron chi connectivity index (χ0n) is 59.5. The fourth-order valence-corrected chi connectivity index (χ4v) is 12.4. The predicted molar refractivity (Wildman–Crippen MR) is 367 cm³/mol. The molecular formula is C72H140O17P2. The van der Waals surface area contributed by atoms with Gasteiger partial charge in [-0.05, 0) is 49.4 Å². The summed E-state index contributed by atoms with van der Waals surface area (Å²) in [6, 6.07) is 0. The van der Waals surface area contributed by atoms with Crippen LogP contribution in [0.25, 0.3) is 0 Å². The van der Waals surface area contributed by atoms with Crippen molar-refractivity contribution in [2.24, 2.45) is 23.7 Å². The third-order valence-corrected chi connectivity index (χ3v) is 18.8. The molecule has 0 rings (SSSR count). The van der Waals surface area contributed by atoms with Gasteiger partial charge >= 0.3 is 39.5 Å². The Morgan fingerprint density at radius 3 is 0.780 bits per heavy atom. The van der Waals surface area contributed by atoms with Gasteiger partial charge < -0.3 is 33.8 Å². The zero-order chi connectivity index (χ0) is 67.5. The first kappa shape index (κ1) is 89.1. The molecule has 0 fully saturated rings. The van der Waals surface area contributed by atoms with E-state index < -0.39 is 97.5 Å². The molecule has 0 bridgehead atoms. The first-order valence-electron chi connectivity index (χ1n) is 37.2. The SMILES string of the molecule is CCC(C)CCCCCCCCCCC(=O)O[C@H](COC(=O)CCCCCCCCCC(C)C)COP(=O)(O)OCC(O)COP(=O)(O)OC[C@@H](COC(=O)CCCCCCCCCCCCCCCC(C)C)OC(=O)CCCCCCCCCCCCC(C)C. The van der Waals surface area contributed by atoms with Crippen molar-refractivity contribution in [1.82, 2.24) is 0 Å². The lowest BCUT2D eigenvalue weighted by Gasteiger charge is -2.21. The topological polar surface area (TPSA) is 237 Å². The van der Waals surface area contributed by atoms with E-state index in [0.717, 1.165) is 114 Å². The normalized spacial score (nSPS) is 14.5. The van der Waals surface area contributed by atoms with Crippen molar-refractivity contribution < 1.29 is 80.2 Å². The van der Waals surface area contributed by atoms with E-state index in [9.17, 15) is 43.2 Å². The van der Waals surface area contributed by atoms with Crippen LogP contribution < -0.4 is 0 Å². The molecule has 0 spiro atoms. The lowest BCUT2D eigenvalue weighted by molar-refractivity contribution is -0.161. The number of ether oxygens (including phenoxy) is 4. The van der Waals surface area contributed by atoms with Crippen LogP contribution in [0.5, 0.6) is 0 Å². The Bertz CT molecular complexity index is 1800. The molecule has 0 aromatic rings. The van der Waals surface area contributed by atoms with Gasteiger partial charge in [0.05, 0.1) is 26.4 Å². The Labute approximate surface area is 556 Å². The van der Waals surface area contributed by atoms with Gasteiger partial charge in [-0.2, -0.15) is 0 Å². The molecule has 0 heterocycles. The molecule has 17 nitrogen and oxygen atoms in total. The van der Waals surface area contributed by atoms with E-state index in [1.807, 2.05) is 0 Å². The molecule has 0 amide bonds. The summed E-state index contributed by atoms with van der Waals surface area (Å²) in [6.45, 7) is 14.1. The molecule has 6 atom stereocenters. The Morgan fingerprint density at radius 2 is 0.527 bits per heavy atom. The van der Waals surface area contributed by atoms with Crippen molar-refractivity contribution in [2.75, 3.05) is 39.6 Å². The van der Waals surface area contributed by atoms with Crippen LogP contribution in [0.15, 0.2) is 0 Å². The van der Waals surface area contributed by atoms with Crippen molar-refractivity contribution in [2.45, 2.75) is 375 Å². The van der Waals surface area contributed by atoms with Crippen molar-refractivity contribution in [3.63, 3.8) is 0 Å². The predicted octanol–water partition coefficient (Wildman–Crippen LogP) is 20.5. The second-order valence-corrected chi connectivity index (χ2v) is 30.6. The van der Waals surface area contributed by atoms with Gasteiger partial charge in [-0.1, -0.05) is 306 Å². The van der Waals surface area contributed by atoms with E-state index in [0.29, 0.717) is 31.6 Å². The molecule has 0 saturated heterocycles. The average Bonchev–Trinajstić information content (AvgIpc) is 2.88. The van der Waals surface area contributed by atoms with Crippen LogP contribution >= 0.6 is 15.6 Å². The largest absolute Gasteiger partial charge is 0.472 e. The first-order valence-corrected chi connectivity index (χ1v) is 40.2. The molecule has 0 aromatic heterocycles. The third-order valence-electron chi connectivity index (χ3n) is 16.9. The molecule has 0 radical (unpaired) electrons. The Balaban J connectivity index is 5.25. The molecule has 0 aliphatic carbocycles. The van der Waals surface area contributed by atoms with Gasteiger partial charge in [0, 0.05) is 25.7 Å². The van der Waals surface area contributed by atoms with Gasteiger partial charge in [0.1, 0.15) is 19.3 Å². The van der Waals surface area contributed by atoms with E-state index in [1.165, 1.54) is 154 Å². The smallest absolute Gasteiger partial charge is 0.462 e. The molecular weight excluding hydrogens is 1200 g/mol. The number of hydrogen-bond donors (Lipinski definition) is 3. The summed E-state index contributed by atoms with van der Waals surface area (Å²) >= 11 is 0. The summed E-state index contributed by atoms with van der Waals surface area (Å²) in [7, 11) is -9.91. The lowest BCUT2D eigenvalue weighted by Crippen LogP contribution is -2.30. The van der Waals surface area contributed by atoms with Gasteiger partial charge in [0.15, 0.2) is 12.2 Å². The van der Waals surface area contributed by atoms with Crippen molar-refractivity contribution in [3.8, 4) is 0 Å². The fourth-order valence-electron chi connectivity index (χ4n) is 10.8. The van der Waals surface area contributed by atoms with E-state index in [4.69, 9.17) is 37.0 Å². The van der Waals surface area contributed by atoms with Crippen molar-refractivity contribution >= 4 is 39.5 Å². The number of phosphoric acid groups is 2. The number of hydrogen-bond acceptors (Lipinski definition) is 15. The monoisotopic (exact) mass is 1340 g/mol. The Morgan fingerprint density at radius 1 is 0.308 bits per heavy atom. The van der Waals surface area contributed by atoms with Crippen molar-refractivity contribution in [3.05, 3.63) is 0 Å². The van der Waals surface area contributed by atoms with Gasteiger partial charge in [-0.15, -0.1) is 0 Å². The molecule has 0 saturated carbocycles. The molecule has 0 aliphatic rings. The minimum atomic E-state index is -4.95. The molecule has 4 unspecified atom stereocenters. The zero-order valence-corrected chi connectivity index (χ0v) is 61.3. The van der Waals surface area contributed by atoms with Gasteiger partial charge in [-0.25, -0.2) is 9.13 Å². The number of rotatable bonds is 69. The third kappa shape index (κ3) is 65.1. The molecule has 91 heavy (non-hydrogen) atoms. The number of unbranched alkanes of at least 4 members (excludes halogenated alkanes) is 34. The van der Waals surface area contributed by atoms with E-state index in [2.05, 4.69) is 55.4 Å². The minimum Gasteiger partial charge on any atom is -0.462 e. The summed E-state index contributed by atoms with van der Waals surface area (Å²) in [4.78, 5) is 72.6. The average molecular weight is 1340 g/mol. The lowest BCUT2D eigenvalue weighted by atomic mass is 9.99. The quantitative estimate of drug-likeness (QED) is 0.0222. The Hall–Kier alpha value is -1.94. The van der Waals surface area contributed by atoms with E-state index in [-0.39, 0.29) is 25.7 Å². The highest BCUT2D eigenvalue weighted by atomic mass is 31.2. The summed E-state index contributed by atoms with van der Waals surface area (Å²) < 4.78 is 68.4. The summed E-state index contributed by atoms with van der Waals surface area (Å²) in [5.41, 5.74) is 0. The number of carbonyl (C=O) groups is 4. The van der Waals surface area contributed by atoms with Crippen LogP contribution in [0.1, 0.15) is 357 Å². The molecule has 19 heteroatoms. The van der Waals surface area contributed by atoms with Gasteiger partial charge in [0.25, 0.3) is 0 Å². The highest BCUT2D eigenvalue weighted by Crippen LogP contribution is 2.45. The highest BCUT2D eigenvalue weighted by molar-refractivity contribution is 7.47. The molecule has 540 valence electrons. The van der Waals surface area contributed by atoms with E-state index in [1.54, 1.807) is 0 Å². The van der Waals surface area contributed by atoms with Crippen LogP contribution in [-0.4, -0.2) is 96.7 Å².